The quantitative estimate of drug-likeness (QED) is 0.249. The van der Waals surface area contributed by atoms with Crippen molar-refractivity contribution < 1.29 is 8.42 Å². The van der Waals surface area contributed by atoms with E-state index in [1.54, 1.807) is 29.5 Å². The third-order valence-corrected chi connectivity index (χ3v) is 8.50. The van der Waals surface area contributed by atoms with Crippen molar-refractivity contribution in [2.75, 3.05) is 6.26 Å². The number of rotatable bonds is 8. The van der Waals surface area contributed by atoms with Crippen molar-refractivity contribution in [1.82, 2.24) is 14.7 Å². The normalized spacial score (nSPS) is 12.3. The smallest absolute Gasteiger partial charge is 0.175 e. The number of aromatic nitrogens is 2. The molecule has 4 aromatic rings. The summed E-state index contributed by atoms with van der Waals surface area (Å²) in [5, 5.41) is 5.60. The van der Waals surface area contributed by atoms with Gasteiger partial charge in [-0.25, -0.2) is 13.1 Å². The summed E-state index contributed by atoms with van der Waals surface area (Å²) in [6.45, 7) is 9.52. The molecule has 0 aliphatic carbocycles. The van der Waals surface area contributed by atoms with Gasteiger partial charge in [-0.15, -0.1) is 11.3 Å². The van der Waals surface area contributed by atoms with Gasteiger partial charge in [-0.1, -0.05) is 35.9 Å². The first-order valence-corrected chi connectivity index (χ1v) is 14.6. The first-order valence-electron chi connectivity index (χ1n) is 11.5. The van der Waals surface area contributed by atoms with Crippen molar-refractivity contribution in [3.05, 3.63) is 77.4 Å². The van der Waals surface area contributed by atoms with E-state index < -0.39 is 9.84 Å². The Labute approximate surface area is 216 Å². The maximum Gasteiger partial charge on any atom is 0.175 e. The summed E-state index contributed by atoms with van der Waals surface area (Å²) in [7, 11) is -3.28. The lowest BCUT2D eigenvalue weighted by molar-refractivity contribution is 0.163. The standard InChI is InChI=1S/C27H30ClN3O2S2/c1-18(2)30(19(3)4)17-21-16-25(31(29-21)24-12-7-6-11-23(24)28)27-14-13-26(34-27)20-9-8-10-22(15-20)35(5,32)33/h6-16,18-19H,17H2,1-5H3. The van der Waals surface area contributed by atoms with Crippen LogP contribution < -0.4 is 0 Å². The number of nitrogens with zero attached hydrogens (tertiary/aromatic N) is 3. The molecule has 0 saturated carbocycles. The lowest BCUT2D eigenvalue weighted by Crippen LogP contribution is -2.36. The molecule has 0 spiro atoms. The van der Waals surface area contributed by atoms with Crippen LogP contribution in [0.15, 0.2) is 71.6 Å². The number of hydrogen-bond donors (Lipinski definition) is 0. The molecule has 0 saturated heterocycles. The van der Waals surface area contributed by atoms with Gasteiger partial charge in [0.1, 0.15) is 0 Å². The van der Waals surface area contributed by atoms with Gasteiger partial charge in [0.15, 0.2) is 9.84 Å². The van der Waals surface area contributed by atoms with E-state index in [1.807, 2.05) is 41.1 Å². The third kappa shape index (κ3) is 5.70. The average molecular weight is 528 g/mol. The van der Waals surface area contributed by atoms with Crippen molar-refractivity contribution in [1.29, 1.82) is 0 Å². The fourth-order valence-electron chi connectivity index (χ4n) is 4.15. The highest BCUT2D eigenvalue weighted by Gasteiger charge is 2.20. The van der Waals surface area contributed by atoms with E-state index in [2.05, 4.69) is 44.7 Å². The predicted molar refractivity (Wildman–Crippen MR) is 146 cm³/mol. The number of sulfone groups is 1. The van der Waals surface area contributed by atoms with E-state index in [0.717, 1.165) is 38.9 Å². The molecular weight excluding hydrogens is 498 g/mol. The van der Waals surface area contributed by atoms with Crippen LogP contribution in [0.25, 0.3) is 26.7 Å². The molecule has 8 heteroatoms. The Bertz CT molecular complexity index is 1430. The van der Waals surface area contributed by atoms with Crippen molar-refractivity contribution in [3.8, 4) is 26.7 Å². The van der Waals surface area contributed by atoms with Gasteiger partial charge in [-0.3, -0.25) is 4.90 Å². The van der Waals surface area contributed by atoms with Crippen molar-refractivity contribution in [3.63, 3.8) is 0 Å². The molecule has 0 amide bonds. The minimum atomic E-state index is -3.28. The highest BCUT2D eigenvalue weighted by Crippen LogP contribution is 2.37. The molecule has 0 bridgehead atoms. The van der Waals surface area contributed by atoms with Crippen molar-refractivity contribution >= 4 is 32.8 Å². The number of thiophene rings is 1. The van der Waals surface area contributed by atoms with Crippen molar-refractivity contribution in [2.24, 2.45) is 0 Å². The molecule has 2 heterocycles. The number of halogens is 1. The van der Waals surface area contributed by atoms with Crippen LogP contribution in [0.1, 0.15) is 33.4 Å². The second-order valence-corrected chi connectivity index (χ2v) is 12.7. The van der Waals surface area contributed by atoms with Crippen LogP contribution in [-0.4, -0.2) is 41.4 Å². The Kier molecular flexibility index (Phi) is 7.52. The zero-order chi connectivity index (χ0) is 25.3. The maximum absolute atomic E-state index is 12.0. The summed E-state index contributed by atoms with van der Waals surface area (Å²) in [5.74, 6) is 0. The van der Waals surface area contributed by atoms with Crippen LogP contribution in [0.4, 0.5) is 0 Å². The molecule has 0 fully saturated rings. The first-order chi connectivity index (χ1) is 16.5. The van der Waals surface area contributed by atoms with Crippen LogP contribution in [0.5, 0.6) is 0 Å². The lowest BCUT2D eigenvalue weighted by atomic mass is 10.2. The molecule has 0 aliphatic rings. The van der Waals surface area contributed by atoms with Gasteiger partial charge in [0.2, 0.25) is 0 Å². The van der Waals surface area contributed by atoms with Crippen LogP contribution in [-0.2, 0) is 16.4 Å². The topological polar surface area (TPSA) is 55.2 Å². The second kappa shape index (κ2) is 10.3. The SMILES string of the molecule is CC(C)N(Cc1cc(-c2ccc(-c3cccc(S(C)(=O)=O)c3)s2)n(-c2ccccc2Cl)n1)C(C)C. The first kappa shape index (κ1) is 25.6. The molecule has 35 heavy (non-hydrogen) atoms. The zero-order valence-corrected chi connectivity index (χ0v) is 23.0. The van der Waals surface area contributed by atoms with E-state index in [9.17, 15) is 8.42 Å². The van der Waals surface area contributed by atoms with E-state index in [4.69, 9.17) is 16.7 Å². The highest BCUT2D eigenvalue weighted by molar-refractivity contribution is 7.90. The lowest BCUT2D eigenvalue weighted by Gasteiger charge is -2.29. The second-order valence-electron chi connectivity index (χ2n) is 9.21. The highest BCUT2D eigenvalue weighted by atomic mass is 35.5. The predicted octanol–water partition coefficient (Wildman–Crippen LogP) is 6.94. The fraction of sp³-hybridized carbons (Fsp3) is 0.296. The minimum absolute atomic E-state index is 0.316. The third-order valence-electron chi connectivity index (χ3n) is 5.92. The summed E-state index contributed by atoms with van der Waals surface area (Å²) in [5.41, 5.74) is 3.62. The van der Waals surface area contributed by atoms with E-state index >= 15 is 0 Å². The Balaban J connectivity index is 1.79. The number of hydrogen-bond acceptors (Lipinski definition) is 5. The molecule has 0 aliphatic heterocycles. The van der Waals surface area contributed by atoms with Crippen molar-refractivity contribution in [2.45, 2.75) is 51.2 Å². The number of para-hydroxylation sites is 1. The van der Waals surface area contributed by atoms with E-state index in [0.29, 0.717) is 22.0 Å². The van der Waals surface area contributed by atoms with E-state index in [1.165, 1.54) is 6.26 Å². The number of benzene rings is 2. The fourth-order valence-corrected chi connectivity index (χ4v) is 6.04. The molecule has 5 nitrogen and oxygen atoms in total. The van der Waals surface area contributed by atoms with Crippen LogP contribution in [0.2, 0.25) is 5.02 Å². The van der Waals surface area contributed by atoms with Gasteiger partial charge in [-0.2, -0.15) is 5.10 Å². The minimum Gasteiger partial charge on any atom is -0.293 e. The van der Waals surface area contributed by atoms with Crippen LogP contribution >= 0.6 is 22.9 Å². The monoisotopic (exact) mass is 527 g/mol. The van der Waals surface area contributed by atoms with Gasteiger partial charge in [0.05, 0.1) is 31.9 Å². The van der Waals surface area contributed by atoms with Crippen LogP contribution in [0.3, 0.4) is 0 Å². The summed E-state index contributed by atoms with van der Waals surface area (Å²) < 4.78 is 26.0. The molecule has 184 valence electrons. The van der Waals surface area contributed by atoms with Gasteiger partial charge < -0.3 is 0 Å². The largest absolute Gasteiger partial charge is 0.293 e. The zero-order valence-electron chi connectivity index (χ0n) is 20.6. The Morgan fingerprint density at radius 2 is 1.63 bits per heavy atom. The van der Waals surface area contributed by atoms with Gasteiger partial charge in [0.25, 0.3) is 0 Å². The molecular formula is C27H30ClN3O2S2. The van der Waals surface area contributed by atoms with E-state index in [-0.39, 0.29) is 0 Å². The Morgan fingerprint density at radius 3 is 2.29 bits per heavy atom. The van der Waals surface area contributed by atoms with Gasteiger partial charge >= 0.3 is 0 Å². The van der Waals surface area contributed by atoms with Gasteiger partial charge in [0, 0.05) is 29.8 Å². The molecule has 0 radical (unpaired) electrons. The summed E-state index contributed by atoms with van der Waals surface area (Å²) >= 11 is 8.18. The molecule has 0 unspecified atom stereocenters. The molecule has 2 aromatic heterocycles. The molecule has 2 aromatic carbocycles. The summed E-state index contributed by atoms with van der Waals surface area (Å²) in [6.07, 6.45) is 1.23. The summed E-state index contributed by atoms with van der Waals surface area (Å²) in [4.78, 5) is 4.74. The molecule has 4 rings (SSSR count). The molecule has 0 N–H and O–H groups in total. The Hall–Kier alpha value is -2.45. The summed E-state index contributed by atoms with van der Waals surface area (Å²) in [6, 6.07) is 21.8. The maximum atomic E-state index is 12.0. The average Bonchev–Trinajstić information content (AvgIpc) is 3.44. The Morgan fingerprint density at radius 1 is 0.943 bits per heavy atom. The van der Waals surface area contributed by atoms with Gasteiger partial charge in [-0.05, 0) is 75.7 Å². The van der Waals surface area contributed by atoms with Crippen LogP contribution in [0, 0.1) is 0 Å². The molecule has 0 atom stereocenters.